The van der Waals surface area contributed by atoms with Crippen LogP contribution >= 0.6 is 0 Å². The minimum atomic E-state index is -1.12. The van der Waals surface area contributed by atoms with Gasteiger partial charge in [-0.05, 0) is 12.1 Å². The summed E-state index contributed by atoms with van der Waals surface area (Å²) in [5, 5.41) is 21.9. The number of aromatic amines is 1. The number of nitrogens with one attached hydrogen (secondary N) is 2. The summed E-state index contributed by atoms with van der Waals surface area (Å²) in [5.74, 6) is -0.856. The molecule has 0 saturated heterocycles. The van der Waals surface area contributed by atoms with E-state index in [1.165, 1.54) is 6.20 Å². The largest absolute Gasteiger partial charge is 0.477 e. The Morgan fingerprint density at radius 2 is 2.04 bits per heavy atom. The standard InChI is InChI=1S/C15H14N6O3/c1-21-8-17-13(20-21)9-2-4-10(5-3-9)14(22)16-6-11-7-18-19-12(11)15(23)24/h2-5,7-8H,6H2,1H3,(H,16,22)(H,18,19)(H,23,24). The summed E-state index contributed by atoms with van der Waals surface area (Å²) in [6.45, 7) is 0.0700. The molecule has 0 aliphatic heterocycles. The molecule has 9 heteroatoms. The molecule has 3 aromatic rings. The normalized spacial score (nSPS) is 10.5. The van der Waals surface area contributed by atoms with E-state index in [1.807, 2.05) is 0 Å². The van der Waals surface area contributed by atoms with Crippen molar-refractivity contribution in [3.05, 3.63) is 53.6 Å². The number of rotatable bonds is 5. The summed E-state index contributed by atoms with van der Waals surface area (Å²) in [4.78, 5) is 27.3. The minimum Gasteiger partial charge on any atom is -0.477 e. The molecule has 0 unspecified atom stereocenters. The van der Waals surface area contributed by atoms with Crippen LogP contribution in [0.2, 0.25) is 0 Å². The first-order valence-electron chi connectivity index (χ1n) is 7.04. The van der Waals surface area contributed by atoms with Gasteiger partial charge in [-0.3, -0.25) is 14.6 Å². The molecule has 0 atom stereocenters. The molecule has 3 N–H and O–H groups in total. The number of aryl methyl sites for hydroxylation is 1. The molecule has 0 aliphatic rings. The SMILES string of the molecule is Cn1cnc(-c2ccc(C(=O)NCc3cn[nH]c3C(=O)O)cc2)n1. The van der Waals surface area contributed by atoms with Gasteiger partial charge in [0, 0.05) is 30.3 Å². The topological polar surface area (TPSA) is 126 Å². The number of benzene rings is 1. The van der Waals surface area contributed by atoms with Crippen molar-refractivity contribution in [2.75, 3.05) is 0 Å². The lowest BCUT2D eigenvalue weighted by molar-refractivity contribution is 0.0688. The average Bonchev–Trinajstić information content (AvgIpc) is 3.21. The molecule has 0 radical (unpaired) electrons. The van der Waals surface area contributed by atoms with E-state index >= 15 is 0 Å². The Morgan fingerprint density at radius 3 is 2.67 bits per heavy atom. The van der Waals surface area contributed by atoms with Crippen LogP contribution in [0.25, 0.3) is 11.4 Å². The van der Waals surface area contributed by atoms with E-state index in [4.69, 9.17) is 5.11 Å². The summed E-state index contributed by atoms with van der Waals surface area (Å²) in [6.07, 6.45) is 2.97. The van der Waals surface area contributed by atoms with Crippen molar-refractivity contribution in [3.63, 3.8) is 0 Å². The van der Waals surface area contributed by atoms with Crippen molar-refractivity contribution in [1.29, 1.82) is 0 Å². The van der Waals surface area contributed by atoms with Crippen LogP contribution in [0.3, 0.4) is 0 Å². The smallest absolute Gasteiger partial charge is 0.354 e. The number of hydrogen-bond acceptors (Lipinski definition) is 5. The Balaban J connectivity index is 1.67. The molecule has 122 valence electrons. The summed E-state index contributed by atoms with van der Waals surface area (Å²) in [6, 6.07) is 6.83. The van der Waals surface area contributed by atoms with Crippen LogP contribution in [0.1, 0.15) is 26.4 Å². The van der Waals surface area contributed by atoms with Gasteiger partial charge >= 0.3 is 5.97 Å². The predicted molar refractivity (Wildman–Crippen MR) is 83.2 cm³/mol. The third kappa shape index (κ3) is 3.14. The Labute approximate surface area is 136 Å². The van der Waals surface area contributed by atoms with Crippen molar-refractivity contribution in [1.82, 2.24) is 30.3 Å². The zero-order valence-electron chi connectivity index (χ0n) is 12.7. The van der Waals surface area contributed by atoms with E-state index in [1.54, 1.807) is 42.3 Å². The minimum absolute atomic E-state index is 0.0353. The first-order valence-corrected chi connectivity index (χ1v) is 7.04. The van der Waals surface area contributed by atoms with Gasteiger partial charge in [0.1, 0.15) is 12.0 Å². The maximum Gasteiger partial charge on any atom is 0.354 e. The third-order valence-electron chi connectivity index (χ3n) is 3.38. The number of carboxylic acid groups (broad SMARTS) is 1. The first-order chi connectivity index (χ1) is 11.5. The fourth-order valence-corrected chi connectivity index (χ4v) is 2.15. The molecule has 0 bridgehead atoms. The molecular weight excluding hydrogens is 312 g/mol. The average molecular weight is 326 g/mol. The fourth-order valence-electron chi connectivity index (χ4n) is 2.15. The van der Waals surface area contributed by atoms with Gasteiger partial charge in [0.25, 0.3) is 5.91 Å². The Kier molecular flexibility index (Phi) is 4.06. The fraction of sp³-hybridized carbons (Fsp3) is 0.133. The van der Waals surface area contributed by atoms with Gasteiger partial charge in [-0.15, -0.1) is 0 Å². The lowest BCUT2D eigenvalue weighted by Crippen LogP contribution is -2.23. The van der Waals surface area contributed by atoms with Gasteiger partial charge in [-0.25, -0.2) is 9.78 Å². The molecular formula is C15H14N6O3. The van der Waals surface area contributed by atoms with Crippen molar-refractivity contribution in [2.24, 2.45) is 7.05 Å². The highest BCUT2D eigenvalue weighted by Gasteiger charge is 2.14. The molecule has 1 amide bonds. The number of carbonyl (C=O) groups is 2. The maximum atomic E-state index is 12.1. The lowest BCUT2D eigenvalue weighted by atomic mass is 10.1. The molecule has 0 fully saturated rings. The van der Waals surface area contributed by atoms with E-state index < -0.39 is 5.97 Å². The zero-order valence-corrected chi connectivity index (χ0v) is 12.7. The number of carbonyl (C=O) groups excluding carboxylic acids is 1. The summed E-state index contributed by atoms with van der Waals surface area (Å²) in [5.41, 5.74) is 1.63. The zero-order chi connectivity index (χ0) is 17.1. The van der Waals surface area contributed by atoms with Crippen LogP contribution in [-0.4, -0.2) is 41.9 Å². The Morgan fingerprint density at radius 1 is 1.29 bits per heavy atom. The predicted octanol–water partition coefficient (Wildman–Crippen LogP) is 0.833. The lowest BCUT2D eigenvalue weighted by Gasteiger charge is -2.05. The van der Waals surface area contributed by atoms with Crippen molar-refractivity contribution in [3.8, 4) is 11.4 Å². The monoisotopic (exact) mass is 326 g/mol. The third-order valence-corrected chi connectivity index (χ3v) is 3.38. The van der Waals surface area contributed by atoms with Crippen LogP contribution in [0.5, 0.6) is 0 Å². The van der Waals surface area contributed by atoms with Crippen molar-refractivity contribution < 1.29 is 14.7 Å². The summed E-state index contributed by atoms with van der Waals surface area (Å²) in [7, 11) is 1.78. The molecule has 9 nitrogen and oxygen atoms in total. The Hall–Kier alpha value is -3.49. The highest BCUT2D eigenvalue weighted by molar-refractivity contribution is 5.94. The first kappa shape index (κ1) is 15.4. The van der Waals surface area contributed by atoms with Crippen LogP contribution in [0, 0.1) is 0 Å². The number of nitrogens with zero attached hydrogens (tertiary/aromatic N) is 4. The Bertz CT molecular complexity index is 881. The number of amides is 1. The van der Waals surface area contributed by atoms with Gasteiger partial charge in [0.15, 0.2) is 5.82 Å². The summed E-state index contributed by atoms with van der Waals surface area (Å²) < 4.78 is 1.60. The number of carboxylic acids is 1. The number of aromatic carboxylic acids is 1. The second-order valence-corrected chi connectivity index (χ2v) is 5.08. The number of H-pyrrole nitrogens is 1. The quantitative estimate of drug-likeness (QED) is 0.637. The second-order valence-electron chi connectivity index (χ2n) is 5.08. The highest BCUT2D eigenvalue weighted by atomic mass is 16.4. The number of aromatic nitrogens is 5. The summed E-state index contributed by atoms with van der Waals surface area (Å²) >= 11 is 0. The molecule has 24 heavy (non-hydrogen) atoms. The molecule has 0 spiro atoms. The van der Waals surface area contributed by atoms with Gasteiger partial charge in [0.2, 0.25) is 0 Å². The van der Waals surface area contributed by atoms with E-state index in [-0.39, 0.29) is 18.1 Å². The van der Waals surface area contributed by atoms with E-state index in [0.29, 0.717) is 17.0 Å². The van der Waals surface area contributed by atoms with Crippen molar-refractivity contribution >= 4 is 11.9 Å². The molecule has 3 rings (SSSR count). The van der Waals surface area contributed by atoms with E-state index in [0.717, 1.165) is 5.56 Å². The molecule has 0 aliphatic carbocycles. The molecule has 2 aromatic heterocycles. The number of hydrogen-bond donors (Lipinski definition) is 3. The van der Waals surface area contributed by atoms with Crippen LogP contribution < -0.4 is 5.32 Å². The van der Waals surface area contributed by atoms with E-state index in [2.05, 4.69) is 25.6 Å². The molecule has 1 aromatic carbocycles. The molecule has 2 heterocycles. The van der Waals surface area contributed by atoms with Crippen LogP contribution in [0.4, 0.5) is 0 Å². The highest BCUT2D eigenvalue weighted by Crippen LogP contribution is 2.15. The van der Waals surface area contributed by atoms with Crippen LogP contribution in [-0.2, 0) is 13.6 Å². The van der Waals surface area contributed by atoms with E-state index in [9.17, 15) is 9.59 Å². The maximum absolute atomic E-state index is 12.1. The second kappa shape index (κ2) is 6.32. The van der Waals surface area contributed by atoms with Gasteiger partial charge in [-0.2, -0.15) is 10.2 Å². The van der Waals surface area contributed by atoms with Gasteiger partial charge in [-0.1, -0.05) is 12.1 Å². The van der Waals surface area contributed by atoms with Crippen LogP contribution in [0.15, 0.2) is 36.8 Å². The van der Waals surface area contributed by atoms with Crippen molar-refractivity contribution in [2.45, 2.75) is 6.54 Å². The van der Waals surface area contributed by atoms with Gasteiger partial charge in [0.05, 0.1) is 6.20 Å². The molecule has 0 saturated carbocycles. The van der Waals surface area contributed by atoms with Gasteiger partial charge < -0.3 is 10.4 Å².